The largest absolute Gasteiger partial charge is 0.394 e. The molecule has 7 N–H and O–H groups in total. The van der Waals surface area contributed by atoms with E-state index < -0.39 is 78.0 Å². The Morgan fingerprint density at radius 3 is 2.20 bits per heavy atom. The molecule has 0 aromatic rings. The number of ether oxygens (including phenoxy) is 2. The molecule has 9 nitrogen and oxygen atoms in total. The molecule has 2 unspecified atom stereocenters. The summed E-state index contributed by atoms with van der Waals surface area (Å²) in [4.78, 5) is 0. The first-order valence-corrected chi connectivity index (χ1v) is 10.8. The number of aliphatic hydroxyl groups is 7. The highest BCUT2D eigenvalue weighted by Crippen LogP contribution is 2.58. The molecular formula is C21H38O9. The van der Waals surface area contributed by atoms with Gasteiger partial charge in [0.15, 0.2) is 6.29 Å². The van der Waals surface area contributed by atoms with Crippen molar-refractivity contribution in [3.63, 3.8) is 0 Å². The zero-order valence-corrected chi connectivity index (χ0v) is 18.2. The van der Waals surface area contributed by atoms with Gasteiger partial charge in [-0.05, 0) is 46.5 Å². The van der Waals surface area contributed by atoms with Gasteiger partial charge in [0, 0.05) is 17.3 Å². The molecule has 0 amide bonds. The molecule has 1 aliphatic heterocycles. The highest BCUT2D eigenvalue weighted by molar-refractivity contribution is 5.11. The van der Waals surface area contributed by atoms with E-state index in [0.717, 1.165) is 0 Å². The SMILES string of the molecule is CC(C)(O)[C@@H]1CC[C@@]2(C)C(C1O[C@@H]1O[C@H](CO)[C@@H](O)[C@H](O)[C@H]1O)[C@](C)(O)CC[C@@H]2O. The number of rotatable bonds is 4. The lowest BCUT2D eigenvalue weighted by Gasteiger charge is -2.61. The summed E-state index contributed by atoms with van der Waals surface area (Å²) < 4.78 is 11.7. The molecule has 0 spiro atoms. The molecule has 0 aromatic carbocycles. The van der Waals surface area contributed by atoms with Crippen molar-refractivity contribution >= 4 is 0 Å². The Morgan fingerprint density at radius 2 is 1.63 bits per heavy atom. The van der Waals surface area contributed by atoms with Gasteiger partial charge in [-0.1, -0.05) is 6.92 Å². The Morgan fingerprint density at radius 1 is 1.00 bits per heavy atom. The maximum absolute atomic E-state index is 11.3. The van der Waals surface area contributed by atoms with Gasteiger partial charge in [0.1, 0.15) is 24.4 Å². The summed E-state index contributed by atoms with van der Waals surface area (Å²) in [5, 5.41) is 73.1. The first-order valence-electron chi connectivity index (χ1n) is 10.8. The van der Waals surface area contributed by atoms with Crippen LogP contribution in [0.4, 0.5) is 0 Å². The van der Waals surface area contributed by atoms with Crippen molar-refractivity contribution in [2.45, 2.75) is 107 Å². The van der Waals surface area contributed by atoms with Crippen molar-refractivity contribution in [2.24, 2.45) is 17.3 Å². The Hall–Kier alpha value is -0.360. The topological polar surface area (TPSA) is 160 Å². The Balaban J connectivity index is 1.98. The van der Waals surface area contributed by atoms with E-state index in [0.29, 0.717) is 25.7 Å². The first kappa shape index (κ1) is 24.3. The fourth-order valence-electron chi connectivity index (χ4n) is 6.01. The molecule has 3 aliphatic rings. The molecule has 1 saturated heterocycles. The molecule has 176 valence electrons. The van der Waals surface area contributed by atoms with Gasteiger partial charge >= 0.3 is 0 Å². The number of hydrogen-bond donors (Lipinski definition) is 7. The second-order valence-corrected chi connectivity index (χ2v) is 10.5. The second kappa shape index (κ2) is 8.20. The van der Waals surface area contributed by atoms with E-state index in [1.807, 2.05) is 6.92 Å². The lowest BCUT2D eigenvalue weighted by molar-refractivity contribution is -0.342. The van der Waals surface area contributed by atoms with Gasteiger partial charge < -0.3 is 45.2 Å². The highest BCUT2D eigenvalue weighted by atomic mass is 16.7. The minimum absolute atomic E-state index is 0.349. The predicted molar refractivity (Wildman–Crippen MR) is 105 cm³/mol. The van der Waals surface area contributed by atoms with E-state index in [2.05, 4.69) is 0 Å². The highest BCUT2D eigenvalue weighted by Gasteiger charge is 2.62. The van der Waals surface area contributed by atoms with Crippen LogP contribution in [-0.2, 0) is 9.47 Å². The van der Waals surface area contributed by atoms with E-state index in [9.17, 15) is 35.7 Å². The van der Waals surface area contributed by atoms with Gasteiger partial charge in [0.05, 0.1) is 30.0 Å². The number of hydrogen-bond acceptors (Lipinski definition) is 9. The fourth-order valence-corrected chi connectivity index (χ4v) is 6.01. The van der Waals surface area contributed by atoms with Gasteiger partial charge in [-0.25, -0.2) is 0 Å². The summed E-state index contributed by atoms with van der Waals surface area (Å²) in [6.45, 7) is 6.32. The van der Waals surface area contributed by atoms with E-state index in [-0.39, 0.29) is 0 Å². The molecule has 9 heteroatoms. The third-order valence-corrected chi connectivity index (χ3v) is 7.83. The lowest BCUT2D eigenvalue weighted by atomic mass is 9.50. The van der Waals surface area contributed by atoms with Crippen molar-refractivity contribution in [3.05, 3.63) is 0 Å². The van der Waals surface area contributed by atoms with Crippen LogP contribution >= 0.6 is 0 Å². The maximum atomic E-state index is 11.3. The third kappa shape index (κ3) is 4.04. The summed E-state index contributed by atoms with van der Waals surface area (Å²) in [6.07, 6.45) is -6.77. The van der Waals surface area contributed by atoms with E-state index in [4.69, 9.17) is 9.47 Å². The van der Waals surface area contributed by atoms with Gasteiger partial charge in [0.2, 0.25) is 0 Å². The summed E-state index contributed by atoms with van der Waals surface area (Å²) in [6, 6.07) is 0. The normalized spacial score (nSPS) is 52.7. The smallest absolute Gasteiger partial charge is 0.186 e. The molecule has 2 aliphatic carbocycles. The maximum Gasteiger partial charge on any atom is 0.186 e. The summed E-state index contributed by atoms with van der Waals surface area (Å²) in [5.74, 6) is -1.02. The zero-order chi connectivity index (χ0) is 22.6. The van der Waals surface area contributed by atoms with E-state index in [1.165, 1.54) is 0 Å². The summed E-state index contributed by atoms with van der Waals surface area (Å²) >= 11 is 0. The molecular weight excluding hydrogens is 396 g/mol. The summed E-state index contributed by atoms with van der Waals surface area (Å²) in [7, 11) is 0. The molecule has 0 bridgehead atoms. The van der Waals surface area contributed by atoms with Crippen LogP contribution in [0, 0.1) is 17.3 Å². The van der Waals surface area contributed by atoms with Crippen molar-refractivity contribution < 1.29 is 45.2 Å². The Labute approximate surface area is 177 Å². The quantitative estimate of drug-likeness (QED) is 0.291. The molecule has 3 rings (SSSR count). The number of fused-ring (bicyclic) bond motifs is 1. The molecule has 30 heavy (non-hydrogen) atoms. The Bertz CT molecular complexity index is 604. The first-order chi connectivity index (χ1) is 13.7. The van der Waals surface area contributed by atoms with Crippen molar-refractivity contribution in [2.75, 3.05) is 6.61 Å². The van der Waals surface area contributed by atoms with Crippen LogP contribution in [-0.4, -0.2) is 96.5 Å². The average Bonchev–Trinajstić information content (AvgIpc) is 2.64. The van der Waals surface area contributed by atoms with Gasteiger partial charge in [-0.3, -0.25) is 0 Å². The van der Waals surface area contributed by atoms with Crippen molar-refractivity contribution in [3.8, 4) is 0 Å². The van der Waals surface area contributed by atoms with Gasteiger partial charge in [-0.2, -0.15) is 0 Å². The van der Waals surface area contributed by atoms with Crippen LogP contribution in [0.25, 0.3) is 0 Å². The molecule has 3 fully saturated rings. The van der Waals surface area contributed by atoms with Crippen molar-refractivity contribution in [1.29, 1.82) is 0 Å². The van der Waals surface area contributed by atoms with Gasteiger partial charge in [0.25, 0.3) is 0 Å². The predicted octanol–water partition coefficient (Wildman–Crippen LogP) is -1.12. The molecule has 11 atom stereocenters. The van der Waals surface area contributed by atoms with Crippen LogP contribution in [0.5, 0.6) is 0 Å². The second-order valence-electron chi connectivity index (χ2n) is 10.5. The lowest BCUT2D eigenvalue weighted by Crippen LogP contribution is -2.67. The summed E-state index contributed by atoms with van der Waals surface area (Å²) in [5.41, 5.74) is -3.06. The minimum atomic E-state index is -1.59. The van der Waals surface area contributed by atoms with Crippen LogP contribution in [0.2, 0.25) is 0 Å². The van der Waals surface area contributed by atoms with Crippen LogP contribution in [0.3, 0.4) is 0 Å². The molecule has 0 aromatic heterocycles. The van der Waals surface area contributed by atoms with Gasteiger partial charge in [-0.15, -0.1) is 0 Å². The van der Waals surface area contributed by atoms with E-state index in [1.54, 1.807) is 20.8 Å². The Kier molecular flexibility index (Phi) is 6.64. The molecule has 2 saturated carbocycles. The molecule has 1 heterocycles. The van der Waals surface area contributed by atoms with Crippen LogP contribution in [0.1, 0.15) is 53.4 Å². The van der Waals surface area contributed by atoms with Crippen molar-refractivity contribution in [1.82, 2.24) is 0 Å². The fraction of sp³-hybridized carbons (Fsp3) is 1.00. The monoisotopic (exact) mass is 434 g/mol. The average molecular weight is 435 g/mol. The van der Waals surface area contributed by atoms with Crippen LogP contribution < -0.4 is 0 Å². The third-order valence-electron chi connectivity index (χ3n) is 7.83. The van der Waals surface area contributed by atoms with Crippen LogP contribution in [0.15, 0.2) is 0 Å². The standard InChI is InChI=1S/C21H38O9/c1-19(2,27)10-5-7-20(3)12(23)6-8-21(4,28)17(20)16(10)30-18-15(26)14(25)13(24)11(9-22)29-18/h10-18,22-28H,5-9H2,1-4H3/t10-,11-,12+,13-,14+,15-,16?,17?,18+,20-,21-/m1/s1. The number of aliphatic hydroxyl groups excluding tert-OH is 5. The zero-order valence-electron chi connectivity index (χ0n) is 18.2. The molecule has 0 radical (unpaired) electrons. The minimum Gasteiger partial charge on any atom is -0.394 e. The van der Waals surface area contributed by atoms with E-state index >= 15 is 0 Å².